The number of carbonyl (C=O) groups excluding carboxylic acids is 2. The molecule has 2 atom stereocenters. The summed E-state index contributed by atoms with van der Waals surface area (Å²) >= 11 is 5.97. The summed E-state index contributed by atoms with van der Waals surface area (Å²) in [7, 11) is 1.32. The highest BCUT2D eigenvalue weighted by atomic mass is 35.5. The van der Waals surface area contributed by atoms with Gasteiger partial charge in [0.15, 0.2) is 0 Å². The lowest BCUT2D eigenvalue weighted by molar-refractivity contribution is -0.134. The van der Waals surface area contributed by atoms with Crippen LogP contribution in [-0.2, 0) is 14.3 Å². The predicted octanol–water partition coefficient (Wildman–Crippen LogP) is 4.51. The summed E-state index contributed by atoms with van der Waals surface area (Å²) in [6, 6.07) is 7.09. The molecule has 0 bridgehead atoms. The van der Waals surface area contributed by atoms with Gasteiger partial charge in [-0.3, -0.25) is 4.90 Å². The van der Waals surface area contributed by atoms with E-state index in [2.05, 4.69) is 4.74 Å². The topological polar surface area (TPSA) is 55.8 Å². The molecular formula is C19H24ClNO4. The summed E-state index contributed by atoms with van der Waals surface area (Å²) in [6.07, 6.45) is 4.17. The van der Waals surface area contributed by atoms with E-state index in [-0.39, 0.29) is 12.1 Å². The standard InChI is InChI=1S/C19H24ClNO4/c1-19(2,3)25-18(23)21-15(10-12-17(22)24-4)9-11-16(21)13-5-7-14(20)8-6-13/h5-8,10,12,15-16H,9,11H2,1-4H3/b12-10+/t15-,16+/m1/s1. The Hall–Kier alpha value is -2.01. The van der Waals surface area contributed by atoms with Crippen LogP contribution in [0.4, 0.5) is 4.79 Å². The molecule has 1 aliphatic heterocycles. The summed E-state index contributed by atoms with van der Waals surface area (Å²) in [5, 5.41) is 0.646. The van der Waals surface area contributed by atoms with Crippen LogP contribution >= 0.6 is 11.6 Å². The summed E-state index contributed by atoms with van der Waals surface area (Å²) in [4.78, 5) is 25.9. The molecule has 1 saturated heterocycles. The van der Waals surface area contributed by atoms with E-state index >= 15 is 0 Å². The molecular weight excluding hydrogens is 342 g/mol. The molecule has 0 saturated carbocycles. The number of nitrogens with zero attached hydrogens (tertiary/aromatic N) is 1. The normalized spacial score (nSPS) is 20.8. The molecule has 1 aliphatic rings. The van der Waals surface area contributed by atoms with Crippen molar-refractivity contribution in [1.29, 1.82) is 0 Å². The number of esters is 1. The third-order valence-electron chi connectivity index (χ3n) is 3.94. The van der Waals surface area contributed by atoms with Crippen LogP contribution in [-0.4, -0.2) is 35.7 Å². The maximum absolute atomic E-state index is 12.8. The van der Waals surface area contributed by atoms with Gasteiger partial charge in [-0.1, -0.05) is 29.8 Å². The minimum absolute atomic E-state index is 0.126. The molecule has 25 heavy (non-hydrogen) atoms. The minimum atomic E-state index is -0.596. The van der Waals surface area contributed by atoms with Gasteiger partial charge in [0.1, 0.15) is 5.60 Å². The lowest BCUT2D eigenvalue weighted by Gasteiger charge is -2.32. The third-order valence-corrected chi connectivity index (χ3v) is 4.20. The average Bonchev–Trinajstić information content (AvgIpc) is 2.95. The summed E-state index contributed by atoms with van der Waals surface area (Å²) < 4.78 is 10.2. The number of benzene rings is 1. The number of hydrogen-bond donors (Lipinski definition) is 0. The van der Waals surface area contributed by atoms with Gasteiger partial charge >= 0.3 is 12.1 Å². The minimum Gasteiger partial charge on any atom is -0.466 e. The molecule has 0 N–H and O–H groups in total. The van der Waals surface area contributed by atoms with Gasteiger partial charge in [0.25, 0.3) is 0 Å². The average molecular weight is 366 g/mol. The molecule has 1 fully saturated rings. The summed E-state index contributed by atoms with van der Waals surface area (Å²) in [5.41, 5.74) is 0.394. The number of likely N-dealkylation sites (tertiary alicyclic amines) is 1. The van der Waals surface area contributed by atoms with Gasteiger partial charge in [0.2, 0.25) is 0 Å². The second kappa shape index (κ2) is 7.91. The van der Waals surface area contributed by atoms with Crippen molar-refractivity contribution in [3.05, 3.63) is 47.0 Å². The van der Waals surface area contributed by atoms with Crippen molar-refractivity contribution in [1.82, 2.24) is 4.90 Å². The number of carbonyl (C=O) groups is 2. The zero-order chi connectivity index (χ0) is 18.6. The molecule has 6 heteroatoms. The van der Waals surface area contributed by atoms with Crippen molar-refractivity contribution in [2.75, 3.05) is 7.11 Å². The Morgan fingerprint density at radius 2 is 1.84 bits per heavy atom. The molecule has 0 aromatic heterocycles. The zero-order valence-electron chi connectivity index (χ0n) is 15.0. The Bertz CT molecular complexity index is 648. The lowest BCUT2D eigenvalue weighted by Crippen LogP contribution is -2.40. The Balaban J connectivity index is 2.29. The predicted molar refractivity (Wildman–Crippen MR) is 96.4 cm³/mol. The van der Waals surface area contributed by atoms with Crippen molar-refractivity contribution in [3.63, 3.8) is 0 Å². The second-order valence-corrected chi connectivity index (χ2v) is 7.42. The Kier molecular flexibility index (Phi) is 6.11. The van der Waals surface area contributed by atoms with Crippen LogP contribution in [0.2, 0.25) is 5.02 Å². The first-order valence-corrected chi connectivity index (χ1v) is 8.62. The van der Waals surface area contributed by atoms with Crippen molar-refractivity contribution >= 4 is 23.7 Å². The highest BCUT2D eigenvalue weighted by Crippen LogP contribution is 2.38. The molecule has 136 valence electrons. The molecule has 2 rings (SSSR count). The molecule has 0 radical (unpaired) electrons. The van der Waals surface area contributed by atoms with Crippen molar-refractivity contribution < 1.29 is 19.1 Å². The van der Waals surface area contributed by atoms with E-state index in [0.29, 0.717) is 5.02 Å². The van der Waals surface area contributed by atoms with Gasteiger partial charge < -0.3 is 9.47 Å². The first-order valence-electron chi connectivity index (χ1n) is 8.24. The molecule has 0 unspecified atom stereocenters. The smallest absolute Gasteiger partial charge is 0.411 e. The van der Waals surface area contributed by atoms with Crippen LogP contribution < -0.4 is 0 Å². The molecule has 1 heterocycles. The SMILES string of the molecule is COC(=O)/C=C/[C@H]1CC[C@@H](c2ccc(Cl)cc2)N1C(=O)OC(C)(C)C. The van der Waals surface area contributed by atoms with Crippen LogP contribution in [0.5, 0.6) is 0 Å². The van der Waals surface area contributed by atoms with E-state index in [4.69, 9.17) is 16.3 Å². The van der Waals surface area contributed by atoms with Crippen LogP contribution in [0.1, 0.15) is 45.2 Å². The first-order chi connectivity index (χ1) is 11.7. The maximum Gasteiger partial charge on any atom is 0.411 e. The van der Waals surface area contributed by atoms with E-state index in [9.17, 15) is 9.59 Å². The Morgan fingerprint density at radius 1 is 1.20 bits per heavy atom. The zero-order valence-corrected chi connectivity index (χ0v) is 15.7. The number of halogens is 1. The van der Waals surface area contributed by atoms with Gasteiger partial charge in [-0.25, -0.2) is 9.59 Å². The van der Waals surface area contributed by atoms with E-state index in [0.717, 1.165) is 18.4 Å². The van der Waals surface area contributed by atoms with Crippen LogP contribution in [0.25, 0.3) is 0 Å². The molecule has 1 aromatic carbocycles. The van der Waals surface area contributed by atoms with E-state index in [1.165, 1.54) is 13.2 Å². The molecule has 5 nitrogen and oxygen atoms in total. The van der Waals surface area contributed by atoms with Gasteiger partial charge in [-0.2, -0.15) is 0 Å². The monoisotopic (exact) mass is 365 g/mol. The second-order valence-electron chi connectivity index (χ2n) is 6.98. The Labute approximate surface area is 153 Å². The fraction of sp³-hybridized carbons (Fsp3) is 0.474. The van der Waals surface area contributed by atoms with E-state index in [1.54, 1.807) is 11.0 Å². The third kappa shape index (κ3) is 5.23. The van der Waals surface area contributed by atoms with Crippen molar-refractivity contribution in [2.24, 2.45) is 0 Å². The first kappa shape index (κ1) is 19.3. The Morgan fingerprint density at radius 3 is 2.40 bits per heavy atom. The van der Waals surface area contributed by atoms with Crippen LogP contribution in [0.15, 0.2) is 36.4 Å². The van der Waals surface area contributed by atoms with Crippen LogP contribution in [0, 0.1) is 0 Å². The van der Waals surface area contributed by atoms with Gasteiger partial charge in [0, 0.05) is 11.1 Å². The van der Waals surface area contributed by atoms with Gasteiger partial charge in [-0.15, -0.1) is 0 Å². The lowest BCUT2D eigenvalue weighted by atomic mass is 10.0. The van der Waals surface area contributed by atoms with Gasteiger partial charge in [-0.05, 0) is 51.3 Å². The quantitative estimate of drug-likeness (QED) is 0.584. The number of methoxy groups -OCH3 is 1. The summed E-state index contributed by atoms with van der Waals surface area (Å²) in [5.74, 6) is -0.445. The van der Waals surface area contributed by atoms with Crippen LogP contribution in [0.3, 0.4) is 0 Å². The van der Waals surface area contributed by atoms with E-state index < -0.39 is 17.7 Å². The number of hydrogen-bond acceptors (Lipinski definition) is 4. The molecule has 1 aromatic rings. The maximum atomic E-state index is 12.8. The number of amides is 1. The highest BCUT2D eigenvalue weighted by Gasteiger charge is 2.39. The van der Waals surface area contributed by atoms with Crippen molar-refractivity contribution in [2.45, 2.75) is 51.3 Å². The number of rotatable bonds is 3. The number of ether oxygens (including phenoxy) is 2. The molecule has 0 spiro atoms. The van der Waals surface area contributed by atoms with E-state index in [1.807, 2.05) is 45.0 Å². The largest absolute Gasteiger partial charge is 0.466 e. The molecule has 0 aliphatic carbocycles. The van der Waals surface area contributed by atoms with Crippen molar-refractivity contribution in [3.8, 4) is 0 Å². The fourth-order valence-corrected chi connectivity index (χ4v) is 3.00. The molecule has 1 amide bonds. The van der Waals surface area contributed by atoms with Gasteiger partial charge in [0.05, 0.1) is 19.2 Å². The highest BCUT2D eigenvalue weighted by molar-refractivity contribution is 6.30. The summed E-state index contributed by atoms with van der Waals surface area (Å²) in [6.45, 7) is 5.49. The fourth-order valence-electron chi connectivity index (χ4n) is 2.87.